The van der Waals surface area contributed by atoms with E-state index in [1.165, 1.54) is 5.56 Å². The topological polar surface area (TPSA) is 55.5 Å². The Bertz CT molecular complexity index is 661. The van der Waals surface area contributed by atoms with Crippen LogP contribution in [0.2, 0.25) is 0 Å². The summed E-state index contributed by atoms with van der Waals surface area (Å²) in [4.78, 5) is 0. The average Bonchev–Trinajstić information content (AvgIpc) is 3.06. The second kappa shape index (κ2) is 5.43. The zero-order chi connectivity index (χ0) is 15.1. The van der Waals surface area contributed by atoms with Gasteiger partial charge in [-0.2, -0.15) is 0 Å². The van der Waals surface area contributed by atoms with E-state index in [9.17, 15) is 5.11 Å². The van der Waals surface area contributed by atoms with Crippen LogP contribution in [0.1, 0.15) is 24.2 Å². The molecule has 0 spiro atoms. The molecule has 1 heterocycles. The Morgan fingerprint density at radius 3 is 2.59 bits per heavy atom. The molecule has 1 fully saturated rings. The first-order chi connectivity index (χ1) is 10.8. The number of aliphatic hydroxyl groups excluding tert-OH is 1. The first-order valence-corrected chi connectivity index (χ1v) is 8.04. The van der Waals surface area contributed by atoms with Crippen LogP contribution in [-0.4, -0.2) is 24.0 Å². The summed E-state index contributed by atoms with van der Waals surface area (Å²) in [7, 11) is 1.67. The number of aryl methyl sites for hydroxylation is 1. The van der Waals surface area contributed by atoms with Gasteiger partial charge in [-0.1, -0.05) is 5.16 Å². The Kier molecular flexibility index (Phi) is 3.41. The maximum Gasteiger partial charge on any atom is 0.140 e. The Hall–Kier alpha value is -1.81. The first-order valence-electron chi connectivity index (χ1n) is 8.04. The highest BCUT2D eigenvalue weighted by Gasteiger charge is 2.49. The largest absolute Gasteiger partial charge is 0.497 e. The van der Waals surface area contributed by atoms with Crippen LogP contribution in [0.3, 0.4) is 0 Å². The van der Waals surface area contributed by atoms with E-state index in [0.29, 0.717) is 24.4 Å². The molecule has 2 aliphatic rings. The zero-order valence-corrected chi connectivity index (χ0v) is 12.8. The Balaban J connectivity index is 1.61. The molecule has 3 atom stereocenters. The molecule has 0 amide bonds. The van der Waals surface area contributed by atoms with E-state index in [4.69, 9.17) is 9.26 Å². The van der Waals surface area contributed by atoms with E-state index in [2.05, 4.69) is 5.16 Å². The molecule has 0 unspecified atom stereocenters. The number of aromatic nitrogens is 1. The van der Waals surface area contributed by atoms with Gasteiger partial charge in [0.1, 0.15) is 17.2 Å². The molecule has 1 saturated carbocycles. The van der Waals surface area contributed by atoms with Gasteiger partial charge in [-0.05, 0) is 61.3 Å². The van der Waals surface area contributed by atoms with E-state index in [0.717, 1.165) is 48.5 Å². The number of aliphatic hydroxyl groups is 1. The van der Waals surface area contributed by atoms with Gasteiger partial charge in [-0.15, -0.1) is 0 Å². The van der Waals surface area contributed by atoms with Gasteiger partial charge in [0.05, 0.1) is 7.11 Å². The summed E-state index contributed by atoms with van der Waals surface area (Å²) in [6, 6.07) is 7.98. The van der Waals surface area contributed by atoms with Crippen molar-refractivity contribution >= 4 is 0 Å². The number of hydrogen-bond acceptors (Lipinski definition) is 4. The van der Waals surface area contributed by atoms with E-state index < -0.39 is 0 Å². The second-order valence-corrected chi connectivity index (χ2v) is 6.41. The third-order valence-electron chi connectivity index (χ3n) is 5.39. The predicted molar refractivity (Wildman–Crippen MR) is 82.7 cm³/mol. The summed E-state index contributed by atoms with van der Waals surface area (Å²) in [5, 5.41) is 13.7. The van der Waals surface area contributed by atoms with Crippen LogP contribution >= 0.6 is 0 Å². The van der Waals surface area contributed by atoms with Gasteiger partial charge in [-0.25, -0.2) is 0 Å². The molecule has 0 saturated heterocycles. The lowest BCUT2D eigenvalue weighted by Crippen LogP contribution is -2.00. The van der Waals surface area contributed by atoms with Crippen molar-refractivity contribution in [2.45, 2.75) is 25.7 Å². The molecular weight excluding hydrogens is 278 g/mol. The standard InChI is InChI=1S/C18H21NO3/c1-21-12-4-2-11(3-5-12)18-15-7-6-13-14(16(13)10-20)8-9-17(15)22-19-18/h2-5,13-14,16,20H,6-10H2,1H3/t13-,14+,16-/m0/s1. The van der Waals surface area contributed by atoms with E-state index in [-0.39, 0.29) is 0 Å². The highest BCUT2D eigenvalue weighted by atomic mass is 16.5. The Morgan fingerprint density at radius 1 is 1.18 bits per heavy atom. The van der Waals surface area contributed by atoms with Crippen molar-refractivity contribution in [1.82, 2.24) is 5.16 Å². The molecule has 0 bridgehead atoms. The highest BCUT2D eigenvalue weighted by molar-refractivity contribution is 5.64. The minimum atomic E-state index is 0.334. The van der Waals surface area contributed by atoms with Crippen LogP contribution in [0.4, 0.5) is 0 Å². The summed E-state index contributed by atoms with van der Waals surface area (Å²) in [6.45, 7) is 0.334. The number of hydrogen-bond donors (Lipinski definition) is 1. The van der Waals surface area contributed by atoms with Gasteiger partial charge in [0, 0.05) is 24.2 Å². The van der Waals surface area contributed by atoms with Crippen LogP contribution in [0, 0.1) is 17.8 Å². The maximum atomic E-state index is 9.42. The van der Waals surface area contributed by atoms with Crippen LogP contribution in [0.15, 0.2) is 28.8 Å². The molecule has 1 N–H and O–H groups in total. The number of rotatable bonds is 3. The number of nitrogens with zero attached hydrogens (tertiary/aromatic N) is 1. The Morgan fingerprint density at radius 2 is 1.91 bits per heavy atom. The first kappa shape index (κ1) is 13.8. The quantitative estimate of drug-likeness (QED) is 0.946. The van der Waals surface area contributed by atoms with E-state index in [1.807, 2.05) is 24.3 Å². The molecule has 0 radical (unpaired) electrons. The molecule has 4 heteroatoms. The monoisotopic (exact) mass is 299 g/mol. The summed E-state index contributed by atoms with van der Waals surface area (Å²) in [6.07, 6.45) is 4.18. The van der Waals surface area contributed by atoms with Crippen LogP contribution < -0.4 is 4.74 Å². The molecule has 22 heavy (non-hydrogen) atoms. The molecule has 1 aromatic heterocycles. The zero-order valence-electron chi connectivity index (χ0n) is 12.8. The molecule has 4 nitrogen and oxygen atoms in total. The number of benzene rings is 1. The molecule has 0 aliphatic heterocycles. The van der Waals surface area contributed by atoms with Gasteiger partial charge in [0.25, 0.3) is 0 Å². The lowest BCUT2D eigenvalue weighted by Gasteiger charge is -2.08. The van der Waals surface area contributed by atoms with Gasteiger partial charge in [-0.3, -0.25) is 0 Å². The van der Waals surface area contributed by atoms with Crippen LogP contribution in [0.25, 0.3) is 11.3 Å². The van der Waals surface area contributed by atoms with Crippen LogP contribution in [0.5, 0.6) is 5.75 Å². The predicted octanol–water partition coefficient (Wildman–Crippen LogP) is 3.08. The normalized spacial score (nSPS) is 26.5. The van der Waals surface area contributed by atoms with Crippen molar-refractivity contribution in [2.24, 2.45) is 17.8 Å². The van der Waals surface area contributed by atoms with Crippen molar-refractivity contribution in [3.05, 3.63) is 35.6 Å². The van der Waals surface area contributed by atoms with Crippen LogP contribution in [-0.2, 0) is 12.8 Å². The Labute approximate surface area is 130 Å². The van der Waals surface area contributed by atoms with Gasteiger partial charge in [0.2, 0.25) is 0 Å². The molecule has 4 rings (SSSR count). The lowest BCUT2D eigenvalue weighted by molar-refractivity contribution is 0.261. The lowest BCUT2D eigenvalue weighted by atomic mass is 9.95. The molecule has 116 valence electrons. The summed E-state index contributed by atoms with van der Waals surface area (Å²) < 4.78 is 10.8. The fourth-order valence-electron chi connectivity index (χ4n) is 4.03. The van der Waals surface area contributed by atoms with Gasteiger partial charge in [0.15, 0.2) is 0 Å². The van der Waals surface area contributed by atoms with Crippen molar-refractivity contribution in [3.63, 3.8) is 0 Å². The van der Waals surface area contributed by atoms with Crippen molar-refractivity contribution in [3.8, 4) is 17.0 Å². The van der Waals surface area contributed by atoms with Gasteiger partial charge < -0.3 is 14.4 Å². The van der Waals surface area contributed by atoms with E-state index in [1.54, 1.807) is 7.11 Å². The SMILES string of the molecule is COc1ccc(-c2noc3c2CC[C@@H]2[C@H](CO)[C@@H]2CC3)cc1. The molecule has 2 aromatic rings. The fraction of sp³-hybridized carbons (Fsp3) is 0.500. The molecule has 2 aliphatic carbocycles. The minimum absolute atomic E-state index is 0.334. The number of ether oxygens (including phenoxy) is 1. The van der Waals surface area contributed by atoms with Crippen molar-refractivity contribution in [1.29, 1.82) is 0 Å². The average molecular weight is 299 g/mol. The summed E-state index contributed by atoms with van der Waals surface area (Å²) in [5.41, 5.74) is 3.31. The van der Waals surface area contributed by atoms with Gasteiger partial charge >= 0.3 is 0 Å². The fourth-order valence-corrected chi connectivity index (χ4v) is 4.03. The highest BCUT2D eigenvalue weighted by Crippen LogP contribution is 2.53. The third kappa shape index (κ3) is 2.22. The van der Waals surface area contributed by atoms with Crippen molar-refractivity contribution < 1.29 is 14.4 Å². The number of fused-ring (bicyclic) bond motifs is 2. The van der Waals surface area contributed by atoms with E-state index >= 15 is 0 Å². The summed E-state index contributed by atoms with van der Waals surface area (Å²) >= 11 is 0. The minimum Gasteiger partial charge on any atom is -0.497 e. The molecular formula is C18H21NO3. The molecule has 1 aromatic carbocycles. The maximum absolute atomic E-state index is 9.42. The number of methoxy groups -OCH3 is 1. The smallest absolute Gasteiger partial charge is 0.140 e. The summed E-state index contributed by atoms with van der Waals surface area (Å²) in [5.74, 6) is 3.78. The third-order valence-corrected chi connectivity index (χ3v) is 5.39. The van der Waals surface area contributed by atoms with Crippen molar-refractivity contribution in [2.75, 3.05) is 13.7 Å². The second-order valence-electron chi connectivity index (χ2n) is 6.41.